The molecule has 0 aromatic heterocycles. The number of aryl methyl sites for hydroxylation is 5. The van der Waals surface area contributed by atoms with Crippen molar-refractivity contribution in [1.82, 2.24) is 0 Å². The summed E-state index contributed by atoms with van der Waals surface area (Å²) in [6.45, 7) is 19.8. The second kappa shape index (κ2) is 28.2. The molecule has 0 saturated carbocycles. The van der Waals surface area contributed by atoms with Crippen molar-refractivity contribution in [2.45, 2.75) is 88.5 Å². The molecule has 10 rings (SSSR count). The summed E-state index contributed by atoms with van der Waals surface area (Å²) in [5.41, 5.74) is 21.1. The van der Waals surface area contributed by atoms with Gasteiger partial charge in [0.15, 0.2) is 0 Å². The lowest BCUT2D eigenvalue weighted by molar-refractivity contribution is 0.869. The standard InChI is InChI=1S/C24H26.C23H18.C13H12.C6H6.C4H10.CH4/c1-16(2)20-11-8-9-13-22(20)24-19(5)15-14-18(4)23(24)21-12-7-6-10-17(21)3;1-17-6-8-19(9-7-17)20-10-12-21(13-11-20)23-15-14-18-4-2-3-5-22(18)16-23;1-11-7-9-13(10-8-11)12-5-3-2-4-6-12;1-2-4-6-5-3-1;1-3-4-2;/h6-16H,1-5H3;2-16H,1H3;2-10H,1H3;1-6H;3-4H2,1-2H3;1H4. The van der Waals surface area contributed by atoms with E-state index < -0.39 is 0 Å². The molecule has 0 radical (unpaired) electrons. The fourth-order valence-corrected chi connectivity index (χ4v) is 8.32. The van der Waals surface area contributed by atoms with Crippen LogP contribution in [0.2, 0.25) is 0 Å². The van der Waals surface area contributed by atoms with Gasteiger partial charge < -0.3 is 0 Å². The zero-order valence-electron chi connectivity index (χ0n) is 43.1. The molecule has 0 N–H and O–H groups in total. The number of hydrogen-bond donors (Lipinski definition) is 0. The van der Waals surface area contributed by atoms with Gasteiger partial charge in [-0.05, 0) is 135 Å². The molecule has 0 aliphatic heterocycles. The van der Waals surface area contributed by atoms with Crippen molar-refractivity contribution in [1.29, 1.82) is 0 Å². The Morgan fingerprint density at radius 2 is 0.648 bits per heavy atom. The van der Waals surface area contributed by atoms with E-state index in [0.29, 0.717) is 5.92 Å². The molecule has 0 aliphatic carbocycles. The van der Waals surface area contributed by atoms with Crippen LogP contribution < -0.4 is 0 Å². The molecule has 0 fully saturated rings. The molecule has 0 heterocycles. The number of unbranched alkanes of at least 4 members (excludes halogenated alkanes) is 1. The highest BCUT2D eigenvalue weighted by Gasteiger charge is 2.18. The predicted molar refractivity (Wildman–Crippen MR) is 316 cm³/mol. The van der Waals surface area contributed by atoms with E-state index in [-0.39, 0.29) is 7.43 Å². The largest absolute Gasteiger partial charge is 0.0776 e. The Bertz CT molecular complexity index is 3050. The first-order valence-corrected chi connectivity index (χ1v) is 25.1. The van der Waals surface area contributed by atoms with Crippen molar-refractivity contribution >= 4 is 10.8 Å². The smallest absolute Gasteiger partial charge is 0.00705 e. The van der Waals surface area contributed by atoms with Gasteiger partial charge in [0.1, 0.15) is 0 Å². The molecule has 0 bridgehead atoms. The van der Waals surface area contributed by atoms with Crippen LogP contribution in [0.5, 0.6) is 0 Å². The maximum Gasteiger partial charge on any atom is -0.00705 e. The van der Waals surface area contributed by atoms with E-state index in [1.54, 1.807) is 0 Å². The summed E-state index contributed by atoms with van der Waals surface area (Å²) in [6, 6.07) is 85.7. The first-order chi connectivity index (χ1) is 34.1. The van der Waals surface area contributed by atoms with Crippen LogP contribution in [-0.2, 0) is 0 Å². The first kappa shape index (κ1) is 54.4. The molecule has 0 saturated heterocycles. The van der Waals surface area contributed by atoms with E-state index >= 15 is 0 Å². The van der Waals surface area contributed by atoms with Crippen molar-refractivity contribution in [3.8, 4) is 55.6 Å². The third-order valence-electron chi connectivity index (χ3n) is 12.6. The Labute approximate surface area is 428 Å². The summed E-state index contributed by atoms with van der Waals surface area (Å²) in [4.78, 5) is 0. The van der Waals surface area contributed by atoms with Gasteiger partial charge in [0.05, 0.1) is 0 Å². The molecule has 0 nitrogen and oxygen atoms in total. The van der Waals surface area contributed by atoms with Gasteiger partial charge in [-0.3, -0.25) is 0 Å². The van der Waals surface area contributed by atoms with Crippen molar-refractivity contribution in [2.75, 3.05) is 0 Å². The second-order valence-corrected chi connectivity index (χ2v) is 18.4. The minimum atomic E-state index is 0. The summed E-state index contributed by atoms with van der Waals surface area (Å²) in [7, 11) is 0. The van der Waals surface area contributed by atoms with E-state index in [9.17, 15) is 0 Å². The lowest BCUT2D eigenvalue weighted by atomic mass is 9.83. The molecule has 0 aliphatic rings. The third-order valence-corrected chi connectivity index (χ3v) is 12.6. The van der Waals surface area contributed by atoms with Gasteiger partial charge in [-0.25, -0.2) is 0 Å². The lowest BCUT2D eigenvalue weighted by Crippen LogP contribution is -1.98. The molecule has 0 heteroatoms. The van der Waals surface area contributed by atoms with Crippen LogP contribution in [0.3, 0.4) is 0 Å². The Morgan fingerprint density at radius 1 is 0.296 bits per heavy atom. The third kappa shape index (κ3) is 15.7. The van der Waals surface area contributed by atoms with Gasteiger partial charge in [0.25, 0.3) is 0 Å². The molecule has 0 unspecified atom stereocenters. The lowest BCUT2D eigenvalue weighted by Gasteiger charge is -2.21. The average molecular weight is 929 g/mol. The van der Waals surface area contributed by atoms with E-state index in [0.717, 1.165) is 0 Å². The van der Waals surface area contributed by atoms with Gasteiger partial charge in [0.2, 0.25) is 0 Å². The Hall–Kier alpha value is -7.54. The van der Waals surface area contributed by atoms with Gasteiger partial charge in [-0.2, -0.15) is 0 Å². The number of fused-ring (bicyclic) bond motifs is 1. The quantitative estimate of drug-likeness (QED) is 0.149. The predicted octanol–water partition coefficient (Wildman–Crippen LogP) is 21.3. The monoisotopic (exact) mass is 929 g/mol. The molecule has 360 valence electrons. The van der Waals surface area contributed by atoms with Crippen molar-refractivity contribution < 1.29 is 0 Å². The minimum absolute atomic E-state index is 0. The highest BCUT2D eigenvalue weighted by atomic mass is 14.2. The summed E-state index contributed by atoms with van der Waals surface area (Å²) in [5, 5.41) is 2.57. The molecular weight excluding hydrogens is 853 g/mol. The van der Waals surface area contributed by atoms with Gasteiger partial charge in [0, 0.05) is 0 Å². The fourth-order valence-electron chi connectivity index (χ4n) is 8.32. The molecule has 10 aromatic carbocycles. The number of rotatable bonds is 7. The number of hydrogen-bond acceptors (Lipinski definition) is 0. The molecule has 0 amide bonds. The highest BCUT2D eigenvalue weighted by molar-refractivity contribution is 5.90. The maximum atomic E-state index is 2.28. The molecular formula is C71H76. The van der Waals surface area contributed by atoms with Crippen LogP contribution in [0.4, 0.5) is 0 Å². The average Bonchev–Trinajstić information content (AvgIpc) is 3.41. The molecule has 0 atom stereocenters. The van der Waals surface area contributed by atoms with Gasteiger partial charge in [-0.15, -0.1) is 0 Å². The van der Waals surface area contributed by atoms with E-state index in [2.05, 4.69) is 263 Å². The topological polar surface area (TPSA) is 0 Å². The maximum absolute atomic E-state index is 2.28. The second-order valence-electron chi connectivity index (χ2n) is 18.4. The Morgan fingerprint density at radius 3 is 1.13 bits per heavy atom. The van der Waals surface area contributed by atoms with Crippen LogP contribution in [0.15, 0.2) is 243 Å². The first-order valence-electron chi connectivity index (χ1n) is 25.1. The van der Waals surface area contributed by atoms with E-state index in [4.69, 9.17) is 0 Å². The summed E-state index contributed by atoms with van der Waals surface area (Å²) >= 11 is 0. The fraction of sp³-hybridized carbons (Fsp3) is 0.183. The van der Waals surface area contributed by atoms with Crippen molar-refractivity contribution in [2.24, 2.45) is 0 Å². The van der Waals surface area contributed by atoms with Crippen LogP contribution >= 0.6 is 0 Å². The van der Waals surface area contributed by atoms with Crippen LogP contribution in [-0.4, -0.2) is 0 Å². The summed E-state index contributed by atoms with van der Waals surface area (Å²) in [6.07, 6.45) is 2.64. The van der Waals surface area contributed by atoms with Crippen molar-refractivity contribution in [3.05, 3.63) is 276 Å². The van der Waals surface area contributed by atoms with Crippen LogP contribution in [0.25, 0.3) is 66.4 Å². The Balaban J connectivity index is 0.000000184. The van der Waals surface area contributed by atoms with Gasteiger partial charge >= 0.3 is 0 Å². The Kier molecular flexibility index (Phi) is 21.6. The molecule has 10 aromatic rings. The summed E-state index contributed by atoms with van der Waals surface area (Å²) < 4.78 is 0. The SMILES string of the molecule is C.CCCC.Cc1ccc(-c2ccc(-c3ccc4ccccc4c3)cc2)cc1.Cc1ccc(-c2ccccc2)cc1.Cc1ccccc1-c1c(C)ccc(C)c1-c1ccccc1C(C)C.c1ccccc1. The van der Waals surface area contributed by atoms with Gasteiger partial charge in [-0.1, -0.05) is 296 Å². The number of benzene rings is 10. The van der Waals surface area contributed by atoms with E-state index in [1.165, 1.54) is 113 Å². The van der Waals surface area contributed by atoms with Crippen molar-refractivity contribution in [3.63, 3.8) is 0 Å². The van der Waals surface area contributed by atoms with E-state index in [1.807, 2.05) is 42.5 Å². The molecule has 71 heavy (non-hydrogen) atoms. The highest BCUT2D eigenvalue weighted by Crippen LogP contribution is 2.41. The van der Waals surface area contributed by atoms with Crippen LogP contribution in [0.1, 0.15) is 87.3 Å². The van der Waals surface area contributed by atoms with Crippen LogP contribution in [0, 0.1) is 34.6 Å². The zero-order chi connectivity index (χ0) is 49.7. The minimum Gasteiger partial charge on any atom is -0.0776 e. The normalized spacial score (nSPS) is 10.2. The molecule has 0 spiro atoms. The summed E-state index contributed by atoms with van der Waals surface area (Å²) in [5.74, 6) is 0.505. The zero-order valence-corrected chi connectivity index (χ0v) is 43.1.